The Balaban J connectivity index is 1.85. The van der Waals surface area contributed by atoms with Gasteiger partial charge in [0.1, 0.15) is 11.4 Å². The second-order valence-electron chi connectivity index (χ2n) is 6.57. The van der Waals surface area contributed by atoms with E-state index in [1.807, 2.05) is 30.3 Å². The van der Waals surface area contributed by atoms with Crippen molar-refractivity contribution in [2.45, 2.75) is 12.5 Å². The van der Waals surface area contributed by atoms with Crippen LogP contribution in [0.2, 0.25) is 0 Å². The molecule has 1 atom stereocenters. The van der Waals surface area contributed by atoms with E-state index < -0.39 is 35.0 Å². The molecule has 0 fully saturated rings. The van der Waals surface area contributed by atoms with Crippen molar-refractivity contribution >= 4 is 11.4 Å². The van der Waals surface area contributed by atoms with Crippen molar-refractivity contribution in [3.8, 4) is 5.75 Å². The number of hydrazone groups is 1. The summed E-state index contributed by atoms with van der Waals surface area (Å²) < 4.78 is 61.9. The Labute approximate surface area is 164 Å². The standard InChI is InChI=1S/C22H16F4N2O/c1-29-15-9-7-14(8-10-15)19-12-18(13-5-3-2-4-6-13)27-28(19)22-20(25)16(23)11-17(24)21(22)26/h2-11,19H,12H2,1H3/t19-/m1/s1. The Hall–Kier alpha value is -3.35. The quantitative estimate of drug-likeness (QED) is 0.420. The molecule has 0 amide bonds. The van der Waals surface area contributed by atoms with Crippen LogP contribution in [-0.4, -0.2) is 12.8 Å². The highest BCUT2D eigenvalue weighted by Crippen LogP contribution is 2.40. The lowest BCUT2D eigenvalue weighted by Crippen LogP contribution is -2.22. The lowest BCUT2D eigenvalue weighted by molar-refractivity contribution is 0.414. The van der Waals surface area contributed by atoms with E-state index in [0.29, 0.717) is 23.4 Å². The second-order valence-corrected chi connectivity index (χ2v) is 6.57. The smallest absolute Gasteiger partial charge is 0.187 e. The fourth-order valence-corrected chi connectivity index (χ4v) is 3.37. The fourth-order valence-electron chi connectivity index (χ4n) is 3.37. The molecule has 0 bridgehead atoms. The van der Waals surface area contributed by atoms with Crippen LogP contribution in [0.3, 0.4) is 0 Å². The minimum atomic E-state index is -1.49. The molecule has 0 radical (unpaired) electrons. The molecule has 0 unspecified atom stereocenters. The lowest BCUT2D eigenvalue weighted by atomic mass is 9.98. The van der Waals surface area contributed by atoms with E-state index in [9.17, 15) is 17.6 Å². The molecule has 4 rings (SSSR count). The Morgan fingerprint density at radius 2 is 1.52 bits per heavy atom. The summed E-state index contributed by atoms with van der Waals surface area (Å²) in [5, 5.41) is 5.35. The van der Waals surface area contributed by atoms with Gasteiger partial charge in [0.15, 0.2) is 23.3 Å². The molecular formula is C22H16F4N2O. The van der Waals surface area contributed by atoms with Crippen molar-refractivity contribution in [1.29, 1.82) is 0 Å². The summed E-state index contributed by atoms with van der Waals surface area (Å²) >= 11 is 0. The minimum Gasteiger partial charge on any atom is -0.497 e. The van der Waals surface area contributed by atoms with Crippen LogP contribution in [0, 0.1) is 23.3 Å². The number of rotatable bonds is 4. The summed E-state index contributed by atoms with van der Waals surface area (Å²) in [6.45, 7) is 0. The van der Waals surface area contributed by atoms with Crippen LogP contribution in [0.15, 0.2) is 65.8 Å². The molecule has 3 aromatic rings. The van der Waals surface area contributed by atoms with Crippen LogP contribution >= 0.6 is 0 Å². The number of benzene rings is 3. The van der Waals surface area contributed by atoms with Crippen molar-refractivity contribution in [3.05, 3.63) is 95.1 Å². The molecule has 3 aromatic carbocycles. The number of hydrogen-bond donors (Lipinski definition) is 0. The summed E-state index contributed by atoms with van der Waals surface area (Å²) in [7, 11) is 1.52. The third-order valence-corrected chi connectivity index (χ3v) is 4.84. The van der Waals surface area contributed by atoms with Gasteiger partial charge < -0.3 is 4.74 Å². The van der Waals surface area contributed by atoms with Gasteiger partial charge in [0.2, 0.25) is 0 Å². The second kappa shape index (κ2) is 7.58. The first-order valence-corrected chi connectivity index (χ1v) is 8.88. The highest BCUT2D eigenvalue weighted by atomic mass is 19.2. The monoisotopic (exact) mass is 400 g/mol. The van der Waals surface area contributed by atoms with E-state index in [1.165, 1.54) is 7.11 Å². The summed E-state index contributed by atoms with van der Waals surface area (Å²) in [6, 6.07) is 15.5. The van der Waals surface area contributed by atoms with Gasteiger partial charge in [0.25, 0.3) is 0 Å². The third-order valence-electron chi connectivity index (χ3n) is 4.84. The van der Waals surface area contributed by atoms with Gasteiger partial charge in [-0.05, 0) is 23.3 Å². The third kappa shape index (κ3) is 3.44. The van der Waals surface area contributed by atoms with Gasteiger partial charge in [0, 0.05) is 12.5 Å². The number of hydrogen-bond acceptors (Lipinski definition) is 3. The maximum absolute atomic E-state index is 14.5. The molecule has 29 heavy (non-hydrogen) atoms. The highest BCUT2D eigenvalue weighted by molar-refractivity contribution is 6.03. The van der Waals surface area contributed by atoms with Crippen molar-refractivity contribution in [2.75, 3.05) is 12.1 Å². The van der Waals surface area contributed by atoms with Crippen LogP contribution in [0.4, 0.5) is 23.2 Å². The van der Waals surface area contributed by atoms with Gasteiger partial charge in [-0.15, -0.1) is 0 Å². The van der Waals surface area contributed by atoms with Crippen molar-refractivity contribution in [3.63, 3.8) is 0 Å². The SMILES string of the molecule is COc1ccc([C@H]2CC(c3ccccc3)=NN2c2c(F)c(F)cc(F)c2F)cc1. The molecule has 148 valence electrons. The molecule has 1 aliphatic heterocycles. The lowest BCUT2D eigenvalue weighted by Gasteiger charge is -2.25. The molecule has 0 spiro atoms. The van der Waals surface area contributed by atoms with Crippen LogP contribution < -0.4 is 9.75 Å². The number of nitrogens with zero attached hydrogens (tertiary/aromatic N) is 2. The molecule has 0 aliphatic carbocycles. The van der Waals surface area contributed by atoms with E-state index in [1.54, 1.807) is 24.3 Å². The maximum Gasteiger partial charge on any atom is 0.187 e. The topological polar surface area (TPSA) is 24.8 Å². The molecule has 3 nitrogen and oxygen atoms in total. The van der Waals surface area contributed by atoms with Gasteiger partial charge in [0.05, 0.1) is 18.9 Å². The van der Waals surface area contributed by atoms with E-state index in [2.05, 4.69) is 5.10 Å². The molecule has 7 heteroatoms. The normalized spacial score (nSPS) is 16.1. The molecule has 0 N–H and O–H groups in total. The predicted molar refractivity (Wildman–Crippen MR) is 102 cm³/mol. The highest BCUT2D eigenvalue weighted by Gasteiger charge is 2.35. The first-order valence-electron chi connectivity index (χ1n) is 8.88. The van der Waals surface area contributed by atoms with E-state index in [-0.39, 0.29) is 6.07 Å². The van der Waals surface area contributed by atoms with Gasteiger partial charge in [-0.2, -0.15) is 5.10 Å². The average molecular weight is 400 g/mol. The summed E-state index contributed by atoms with van der Waals surface area (Å²) in [4.78, 5) is 0. The number of ether oxygens (including phenoxy) is 1. The largest absolute Gasteiger partial charge is 0.497 e. The zero-order valence-corrected chi connectivity index (χ0v) is 15.4. The number of methoxy groups -OCH3 is 1. The summed E-state index contributed by atoms with van der Waals surface area (Å²) in [6.07, 6.45) is 0.299. The van der Waals surface area contributed by atoms with E-state index in [0.717, 1.165) is 10.6 Å². The van der Waals surface area contributed by atoms with E-state index in [4.69, 9.17) is 4.74 Å². The van der Waals surface area contributed by atoms with Crippen molar-refractivity contribution < 1.29 is 22.3 Å². The van der Waals surface area contributed by atoms with Crippen molar-refractivity contribution in [2.24, 2.45) is 5.10 Å². The molecule has 0 saturated heterocycles. The maximum atomic E-state index is 14.5. The Kier molecular flexibility index (Phi) is 4.96. The first-order chi connectivity index (χ1) is 14.0. The Morgan fingerprint density at radius 3 is 2.10 bits per heavy atom. The number of halogens is 4. The van der Waals surface area contributed by atoms with Crippen LogP contribution in [-0.2, 0) is 0 Å². The molecule has 0 aromatic heterocycles. The summed E-state index contributed by atoms with van der Waals surface area (Å²) in [5.41, 5.74) is 1.12. The average Bonchev–Trinajstić information content (AvgIpc) is 3.18. The van der Waals surface area contributed by atoms with Gasteiger partial charge >= 0.3 is 0 Å². The van der Waals surface area contributed by atoms with Crippen LogP contribution in [0.25, 0.3) is 0 Å². The fraction of sp³-hybridized carbons (Fsp3) is 0.136. The molecular weight excluding hydrogens is 384 g/mol. The van der Waals surface area contributed by atoms with Gasteiger partial charge in [-0.1, -0.05) is 42.5 Å². The van der Waals surface area contributed by atoms with Crippen LogP contribution in [0.5, 0.6) is 5.75 Å². The molecule has 0 saturated carbocycles. The molecule has 1 heterocycles. The zero-order chi connectivity index (χ0) is 20.5. The first kappa shape index (κ1) is 19.0. The van der Waals surface area contributed by atoms with Crippen LogP contribution in [0.1, 0.15) is 23.6 Å². The van der Waals surface area contributed by atoms with Gasteiger partial charge in [-0.3, -0.25) is 5.01 Å². The molecule has 1 aliphatic rings. The van der Waals surface area contributed by atoms with Crippen molar-refractivity contribution in [1.82, 2.24) is 0 Å². The number of anilines is 1. The van der Waals surface area contributed by atoms with Gasteiger partial charge in [-0.25, -0.2) is 17.6 Å². The summed E-state index contributed by atoms with van der Waals surface area (Å²) in [5.74, 6) is -5.32. The predicted octanol–water partition coefficient (Wildman–Crippen LogP) is 5.61. The minimum absolute atomic E-state index is 0.189. The Morgan fingerprint density at radius 1 is 0.897 bits per heavy atom. The van der Waals surface area contributed by atoms with E-state index >= 15 is 0 Å². The Bertz CT molecular complexity index is 1040. The zero-order valence-electron chi connectivity index (χ0n) is 15.4.